The molecule has 1 fully saturated rings. The van der Waals surface area contributed by atoms with Gasteiger partial charge in [-0.2, -0.15) is 0 Å². The van der Waals surface area contributed by atoms with Gasteiger partial charge in [-0.15, -0.1) is 0 Å². The average Bonchev–Trinajstić information content (AvgIpc) is 3.29. The van der Waals surface area contributed by atoms with Crippen LogP contribution in [0.2, 0.25) is 0 Å². The Labute approximate surface area is 201 Å². The molecule has 1 aliphatic heterocycles. The number of likely N-dealkylation sites (tertiary alicyclic amines) is 1. The number of nitrogens with zero attached hydrogens (tertiary/aromatic N) is 3. The summed E-state index contributed by atoms with van der Waals surface area (Å²) in [4.78, 5) is 25.4. The maximum atomic E-state index is 12.7. The zero-order valence-corrected chi connectivity index (χ0v) is 19.3. The fourth-order valence-electron chi connectivity index (χ4n) is 4.00. The lowest BCUT2D eigenvalue weighted by Gasteiger charge is -2.34. The van der Waals surface area contributed by atoms with Crippen molar-refractivity contribution >= 4 is 11.6 Å². The Bertz CT molecular complexity index is 1220. The Morgan fingerprint density at radius 3 is 2.51 bits per heavy atom. The number of ether oxygens (including phenoxy) is 1. The van der Waals surface area contributed by atoms with E-state index in [9.17, 15) is 25.1 Å². The van der Waals surface area contributed by atoms with Gasteiger partial charge in [-0.05, 0) is 38.8 Å². The van der Waals surface area contributed by atoms with Crippen LogP contribution in [0.3, 0.4) is 0 Å². The van der Waals surface area contributed by atoms with Crippen molar-refractivity contribution in [2.45, 2.75) is 38.8 Å². The van der Waals surface area contributed by atoms with E-state index in [1.54, 1.807) is 0 Å². The molecule has 11 nitrogen and oxygen atoms in total. The Morgan fingerprint density at radius 1 is 1.20 bits per heavy atom. The number of aromatic nitrogens is 1. The van der Waals surface area contributed by atoms with Crippen LogP contribution >= 0.6 is 0 Å². The Balaban J connectivity index is 1.52. The summed E-state index contributed by atoms with van der Waals surface area (Å²) < 4.78 is 11.1. The number of hydrogen-bond donors (Lipinski definition) is 3. The molecular formula is C24H26N4O7. The lowest BCUT2D eigenvalue weighted by atomic mass is 10.0. The van der Waals surface area contributed by atoms with E-state index in [2.05, 4.69) is 29.2 Å². The third kappa shape index (κ3) is 5.52. The first-order chi connectivity index (χ1) is 16.7. The van der Waals surface area contributed by atoms with E-state index in [0.717, 1.165) is 32.0 Å². The van der Waals surface area contributed by atoms with Crippen LogP contribution in [0.5, 0.6) is 23.0 Å². The molecule has 1 aromatic heterocycles. The summed E-state index contributed by atoms with van der Waals surface area (Å²) in [6.07, 6.45) is 1.67. The maximum Gasteiger partial charge on any atom is 0.273 e. The molecule has 0 atom stereocenters. The van der Waals surface area contributed by atoms with Crippen LogP contribution < -0.4 is 10.1 Å². The molecule has 0 radical (unpaired) electrons. The molecule has 3 aromatic rings. The summed E-state index contributed by atoms with van der Waals surface area (Å²) in [6.45, 7) is 6.09. The number of nitro groups is 1. The van der Waals surface area contributed by atoms with Crippen molar-refractivity contribution in [1.82, 2.24) is 15.4 Å². The zero-order valence-electron chi connectivity index (χ0n) is 19.3. The number of benzene rings is 2. The molecule has 4 rings (SSSR count). The van der Waals surface area contributed by atoms with Gasteiger partial charge >= 0.3 is 0 Å². The van der Waals surface area contributed by atoms with Gasteiger partial charge in [-0.25, -0.2) is 0 Å². The maximum absolute atomic E-state index is 12.7. The average molecular weight is 482 g/mol. The molecule has 184 valence electrons. The summed E-state index contributed by atoms with van der Waals surface area (Å²) in [7, 11) is 0. The smallest absolute Gasteiger partial charge is 0.273 e. The number of phenols is 2. The quantitative estimate of drug-likeness (QED) is 0.334. The van der Waals surface area contributed by atoms with Gasteiger partial charge in [0.2, 0.25) is 0 Å². The van der Waals surface area contributed by atoms with Crippen LogP contribution in [0.15, 0.2) is 47.0 Å². The van der Waals surface area contributed by atoms with E-state index < -0.39 is 4.92 Å². The fraction of sp³-hybridized carbons (Fsp3) is 0.333. The molecule has 3 N–H and O–H groups in total. The van der Waals surface area contributed by atoms with E-state index in [-0.39, 0.29) is 57.7 Å². The molecule has 0 saturated carbocycles. The van der Waals surface area contributed by atoms with E-state index >= 15 is 0 Å². The lowest BCUT2D eigenvalue weighted by Crippen LogP contribution is -2.46. The van der Waals surface area contributed by atoms with Crippen LogP contribution in [0.4, 0.5) is 5.69 Å². The number of nitrogens with one attached hydrogen (secondary N) is 1. The van der Waals surface area contributed by atoms with Crippen molar-refractivity contribution in [3.05, 3.63) is 58.3 Å². The number of rotatable bonds is 7. The number of aromatic hydroxyl groups is 2. The second-order valence-electron chi connectivity index (χ2n) is 8.64. The van der Waals surface area contributed by atoms with E-state index in [4.69, 9.17) is 9.26 Å². The summed E-state index contributed by atoms with van der Waals surface area (Å²) in [6, 6.07) is 9.52. The molecule has 0 unspecified atom stereocenters. The van der Waals surface area contributed by atoms with E-state index in [1.165, 1.54) is 36.4 Å². The highest BCUT2D eigenvalue weighted by molar-refractivity contribution is 5.93. The van der Waals surface area contributed by atoms with Crippen LogP contribution in [0, 0.1) is 10.1 Å². The number of hydrogen-bond acceptors (Lipinski definition) is 9. The first-order valence-electron chi connectivity index (χ1n) is 11.2. The number of amides is 1. The van der Waals surface area contributed by atoms with Gasteiger partial charge in [-0.3, -0.25) is 14.9 Å². The monoisotopic (exact) mass is 482 g/mol. The molecule has 11 heteroatoms. The molecule has 35 heavy (non-hydrogen) atoms. The molecular weight excluding hydrogens is 456 g/mol. The minimum absolute atomic E-state index is 0.0144. The number of carbonyl (C=O) groups excluding carboxylic acids is 1. The van der Waals surface area contributed by atoms with Crippen molar-refractivity contribution in [3.63, 3.8) is 0 Å². The van der Waals surface area contributed by atoms with E-state index in [1.807, 2.05) is 0 Å². The highest BCUT2D eigenvalue weighted by atomic mass is 16.6. The molecule has 1 aliphatic rings. The SMILES string of the molecule is CC(C)N1CCC(NC(=O)c2cc(-c3c(O)cc(O)cc3Oc3ccc([N+](=O)[O-])cc3)on2)CC1. The van der Waals surface area contributed by atoms with Crippen LogP contribution in [0.25, 0.3) is 11.3 Å². The van der Waals surface area contributed by atoms with Gasteiger partial charge in [-0.1, -0.05) is 5.16 Å². The second-order valence-corrected chi connectivity index (χ2v) is 8.64. The Kier molecular flexibility index (Phi) is 6.87. The number of carbonyl (C=O) groups is 1. The van der Waals surface area contributed by atoms with Crippen LogP contribution in [-0.4, -0.2) is 56.3 Å². The topological polar surface area (TPSA) is 151 Å². The molecule has 2 aromatic carbocycles. The third-order valence-electron chi connectivity index (χ3n) is 5.93. The molecule has 1 amide bonds. The highest BCUT2D eigenvalue weighted by Crippen LogP contribution is 2.43. The van der Waals surface area contributed by atoms with Gasteiger partial charge in [0.15, 0.2) is 11.5 Å². The van der Waals surface area contributed by atoms with Crippen LogP contribution in [0.1, 0.15) is 37.2 Å². The first kappa shape index (κ1) is 24.0. The zero-order chi connectivity index (χ0) is 25.1. The molecule has 2 heterocycles. The summed E-state index contributed by atoms with van der Waals surface area (Å²) in [5.74, 6) is -0.717. The number of phenolic OH excluding ortho intramolecular Hbond substituents is 2. The van der Waals surface area contributed by atoms with Crippen molar-refractivity contribution in [3.8, 4) is 34.3 Å². The second kappa shape index (κ2) is 10.0. The van der Waals surface area contributed by atoms with Crippen molar-refractivity contribution in [2.75, 3.05) is 13.1 Å². The molecule has 0 aliphatic carbocycles. The normalized spacial score (nSPS) is 14.7. The minimum Gasteiger partial charge on any atom is -0.508 e. The predicted octanol–water partition coefficient (Wildman–Crippen LogP) is 4.06. The van der Waals surface area contributed by atoms with Gasteiger partial charge in [0.25, 0.3) is 11.6 Å². The van der Waals surface area contributed by atoms with Gasteiger partial charge < -0.3 is 29.7 Å². The first-order valence-corrected chi connectivity index (χ1v) is 11.2. The predicted molar refractivity (Wildman–Crippen MR) is 126 cm³/mol. The summed E-state index contributed by atoms with van der Waals surface area (Å²) in [5.41, 5.74) is -0.00454. The van der Waals surface area contributed by atoms with E-state index in [0.29, 0.717) is 6.04 Å². The van der Waals surface area contributed by atoms with Crippen molar-refractivity contribution in [1.29, 1.82) is 0 Å². The van der Waals surface area contributed by atoms with Crippen molar-refractivity contribution < 1.29 is 29.2 Å². The fourth-order valence-corrected chi connectivity index (χ4v) is 4.00. The van der Waals surface area contributed by atoms with Crippen LogP contribution in [-0.2, 0) is 0 Å². The lowest BCUT2D eigenvalue weighted by molar-refractivity contribution is -0.384. The largest absolute Gasteiger partial charge is 0.508 e. The number of piperidine rings is 1. The number of non-ortho nitro benzene ring substituents is 1. The standard InChI is InChI=1S/C24H26N4O7/c1-14(2)27-9-7-15(8-10-27)25-24(31)19-13-22(35-26-19)23-20(30)11-17(29)12-21(23)34-18-5-3-16(4-6-18)28(32)33/h3-6,11-15,29-30H,7-10H2,1-2H3,(H,25,31). The van der Waals surface area contributed by atoms with Gasteiger partial charge in [0.05, 0.1) is 4.92 Å². The minimum atomic E-state index is -0.538. The Morgan fingerprint density at radius 2 is 1.89 bits per heavy atom. The molecule has 1 saturated heterocycles. The summed E-state index contributed by atoms with van der Waals surface area (Å²) >= 11 is 0. The highest BCUT2D eigenvalue weighted by Gasteiger charge is 2.25. The van der Waals surface area contributed by atoms with Crippen molar-refractivity contribution in [2.24, 2.45) is 0 Å². The summed E-state index contributed by atoms with van der Waals surface area (Å²) in [5, 5.41) is 38.1. The van der Waals surface area contributed by atoms with Gasteiger partial charge in [0, 0.05) is 55.5 Å². The van der Waals surface area contributed by atoms with Gasteiger partial charge in [0.1, 0.15) is 28.6 Å². The third-order valence-corrected chi connectivity index (χ3v) is 5.93. The Hall–Kier alpha value is -4.12. The molecule has 0 spiro atoms. The molecule has 0 bridgehead atoms. The number of nitro benzene ring substituents is 1.